The van der Waals surface area contributed by atoms with E-state index < -0.39 is 23.4 Å². The first-order chi connectivity index (χ1) is 10.3. The lowest BCUT2D eigenvalue weighted by molar-refractivity contribution is -0.142. The summed E-state index contributed by atoms with van der Waals surface area (Å²) in [7, 11) is 1.28. The summed E-state index contributed by atoms with van der Waals surface area (Å²) in [6, 6.07) is 7.15. The predicted octanol–water partition coefficient (Wildman–Crippen LogP) is 2.94. The van der Waals surface area contributed by atoms with Crippen molar-refractivity contribution < 1.29 is 22.8 Å². The van der Waals surface area contributed by atoms with Gasteiger partial charge in [-0.25, -0.2) is 4.79 Å². The maximum atomic E-state index is 12.7. The summed E-state index contributed by atoms with van der Waals surface area (Å²) in [5.41, 5.74) is -0.403. The molecule has 2 aromatic rings. The van der Waals surface area contributed by atoms with Gasteiger partial charge < -0.3 is 4.84 Å². The second-order valence-corrected chi connectivity index (χ2v) is 4.53. The third kappa shape index (κ3) is 3.51. The van der Waals surface area contributed by atoms with E-state index in [0.717, 1.165) is 16.4 Å². The molecule has 0 saturated heterocycles. The molecule has 8 heteroatoms. The molecular weight excluding hydrogens is 299 g/mol. The Morgan fingerprint density at radius 2 is 2.05 bits per heavy atom. The fourth-order valence-electron chi connectivity index (χ4n) is 1.76. The molecule has 0 radical (unpaired) electrons. The van der Waals surface area contributed by atoms with Gasteiger partial charge in [0.25, 0.3) is 0 Å². The van der Waals surface area contributed by atoms with Gasteiger partial charge in [0.2, 0.25) is 0 Å². The van der Waals surface area contributed by atoms with E-state index in [9.17, 15) is 18.0 Å². The maximum absolute atomic E-state index is 12.7. The van der Waals surface area contributed by atoms with E-state index in [2.05, 4.69) is 15.1 Å². The average Bonchev–Trinajstić information content (AvgIpc) is 2.83. The number of carbonyl (C=O) groups is 1. The first-order valence-corrected chi connectivity index (χ1v) is 6.20. The number of halogens is 3. The molecule has 0 fully saturated rings. The molecule has 0 unspecified atom stereocenters. The standard InChI is InChI=1S/C14H12F3N3O2/c1-9-5-3-4-6-10(9)7-18-22-13(21)11-8-20(2)19-12(11)14(15,16)17/h3-8H,1-2H3/b18-7+. The van der Waals surface area contributed by atoms with Gasteiger partial charge >= 0.3 is 12.1 Å². The van der Waals surface area contributed by atoms with E-state index in [4.69, 9.17) is 0 Å². The topological polar surface area (TPSA) is 56.5 Å². The normalized spacial score (nSPS) is 11.9. The van der Waals surface area contributed by atoms with Crippen LogP contribution < -0.4 is 0 Å². The highest BCUT2D eigenvalue weighted by atomic mass is 19.4. The smallest absolute Gasteiger partial charge is 0.313 e. The highest BCUT2D eigenvalue weighted by Gasteiger charge is 2.39. The Balaban J connectivity index is 2.15. The van der Waals surface area contributed by atoms with Crippen molar-refractivity contribution in [1.82, 2.24) is 9.78 Å². The molecule has 0 amide bonds. The third-order valence-corrected chi connectivity index (χ3v) is 2.83. The lowest BCUT2D eigenvalue weighted by Gasteiger charge is -2.03. The summed E-state index contributed by atoms with van der Waals surface area (Å²) in [5.74, 6) is -1.22. The summed E-state index contributed by atoms with van der Waals surface area (Å²) >= 11 is 0. The zero-order valence-corrected chi connectivity index (χ0v) is 11.8. The minimum atomic E-state index is -4.74. The Bertz CT molecular complexity index is 720. The zero-order chi connectivity index (χ0) is 16.3. The summed E-state index contributed by atoms with van der Waals surface area (Å²) in [5, 5.41) is 6.65. The monoisotopic (exact) mass is 311 g/mol. The van der Waals surface area contributed by atoms with Crippen molar-refractivity contribution >= 4 is 12.2 Å². The Hall–Kier alpha value is -2.64. The van der Waals surface area contributed by atoms with Crippen molar-refractivity contribution in [3.05, 3.63) is 52.8 Å². The van der Waals surface area contributed by atoms with Gasteiger partial charge in [0.15, 0.2) is 5.69 Å². The average molecular weight is 311 g/mol. The minimum absolute atomic E-state index is 0.683. The number of aromatic nitrogens is 2. The first-order valence-electron chi connectivity index (χ1n) is 6.20. The van der Waals surface area contributed by atoms with Gasteiger partial charge in [0.05, 0.1) is 6.21 Å². The number of benzene rings is 1. The molecule has 22 heavy (non-hydrogen) atoms. The molecule has 0 aliphatic rings. The van der Waals surface area contributed by atoms with E-state index in [1.165, 1.54) is 13.3 Å². The largest absolute Gasteiger partial charge is 0.436 e. The maximum Gasteiger partial charge on any atom is 0.436 e. The zero-order valence-electron chi connectivity index (χ0n) is 11.8. The first kappa shape index (κ1) is 15.7. The molecule has 1 heterocycles. The number of oxime groups is 1. The number of nitrogens with zero attached hydrogens (tertiary/aromatic N) is 3. The number of hydrogen-bond acceptors (Lipinski definition) is 4. The summed E-state index contributed by atoms with van der Waals surface area (Å²) < 4.78 is 39.1. The van der Waals surface area contributed by atoms with Gasteiger partial charge in [0.1, 0.15) is 5.56 Å². The van der Waals surface area contributed by atoms with E-state index in [-0.39, 0.29) is 0 Å². The molecule has 116 valence electrons. The Kier molecular flexibility index (Phi) is 4.30. The van der Waals surface area contributed by atoms with Crippen LogP contribution in [0.25, 0.3) is 0 Å². The number of hydrogen-bond donors (Lipinski definition) is 0. The highest BCUT2D eigenvalue weighted by Crippen LogP contribution is 2.30. The van der Waals surface area contributed by atoms with Crippen molar-refractivity contribution in [1.29, 1.82) is 0 Å². The van der Waals surface area contributed by atoms with Crippen LogP contribution in [0, 0.1) is 6.92 Å². The lowest BCUT2D eigenvalue weighted by Crippen LogP contribution is -2.13. The van der Waals surface area contributed by atoms with Crippen LogP contribution in [-0.4, -0.2) is 22.0 Å². The van der Waals surface area contributed by atoms with E-state index in [1.54, 1.807) is 12.1 Å². The van der Waals surface area contributed by atoms with Gasteiger partial charge in [0, 0.05) is 13.2 Å². The molecule has 0 saturated carbocycles. The molecule has 0 spiro atoms. The Labute approximate surface area is 124 Å². The number of aryl methyl sites for hydroxylation is 2. The quantitative estimate of drug-likeness (QED) is 0.497. The van der Waals surface area contributed by atoms with Crippen LogP contribution in [0.5, 0.6) is 0 Å². The van der Waals surface area contributed by atoms with E-state index >= 15 is 0 Å². The van der Waals surface area contributed by atoms with E-state index in [0.29, 0.717) is 5.56 Å². The van der Waals surface area contributed by atoms with Crippen molar-refractivity contribution in [2.24, 2.45) is 12.2 Å². The summed E-state index contributed by atoms with van der Waals surface area (Å²) in [6.07, 6.45) is -2.54. The SMILES string of the molecule is Cc1ccccc1/C=N/OC(=O)c1cn(C)nc1C(F)(F)F. The summed E-state index contributed by atoms with van der Waals surface area (Å²) in [6.45, 7) is 1.83. The molecule has 1 aromatic heterocycles. The molecule has 0 bridgehead atoms. The van der Waals surface area contributed by atoms with Crippen LogP contribution in [-0.2, 0) is 18.1 Å². The van der Waals surface area contributed by atoms with Gasteiger partial charge in [-0.15, -0.1) is 0 Å². The van der Waals surface area contributed by atoms with Crippen molar-refractivity contribution in [2.75, 3.05) is 0 Å². The van der Waals surface area contributed by atoms with Gasteiger partial charge in [-0.05, 0) is 18.1 Å². The minimum Gasteiger partial charge on any atom is -0.313 e. The van der Waals surface area contributed by atoms with Crippen LogP contribution in [0.15, 0.2) is 35.6 Å². The van der Waals surface area contributed by atoms with Crippen LogP contribution in [0.2, 0.25) is 0 Å². The molecular formula is C14H12F3N3O2. The van der Waals surface area contributed by atoms with Gasteiger partial charge in [-0.3, -0.25) is 4.68 Å². The fourth-order valence-corrected chi connectivity index (χ4v) is 1.76. The highest BCUT2D eigenvalue weighted by molar-refractivity contribution is 5.91. The van der Waals surface area contributed by atoms with Gasteiger partial charge in [-0.2, -0.15) is 18.3 Å². The predicted molar refractivity (Wildman–Crippen MR) is 72.4 cm³/mol. The Morgan fingerprint density at radius 3 is 2.68 bits per heavy atom. The van der Waals surface area contributed by atoms with Crippen LogP contribution in [0.1, 0.15) is 27.2 Å². The number of rotatable bonds is 3. The molecule has 0 aliphatic carbocycles. The fraction of sp³-hybridized carbons (Fsp3) is 0.214. The number of alkyl halides is 3. The second-order valence-electron chi connectivity index (χ2n) is 4.53. The molecule has 5 nitrogen and oxygen atoms in total. The summed E-state index contributed by atoms with van der Waals surface area (Å²) in [4.78, 5) is 16.2. The molecule has 0 N–H and O–H groups in total. The molecule has 0 atom stereocenters. The third-order valence-electron chi connectivity index (χ3n) is 2.83. The van der Waals surface area contributed by atoms with Gasteiger partial charge in [-0.1, -0.05) is 29.4 Å². The number of carbonyl (C=O) groups excluding carboxylic acids is 1. The molecule has 0 aliphatic heterocycles. The second kappa shape index (κ2) is 6.00. The van der Waals surface area contributed by atoms with Crippen molar-refractivity contribution in [3.8, 4) is 0 Å². The van der Waals surface area contributed by atoms with Crippen molar-refractivity contribution in [3.63, 3.8) is 0 Å². The molecule has 1 aromatic carbocycles. The molecule has 2 rings (SSSR count). The van der Waals surface area contributed by atoms with Crippen LogP contribution in [0.3, 0.4) is 0 Å². The Morgan fingerprint density at radius 1 is 1.36 bits per heavy atom. The lowest BCUT2D eigenvalue weighted by atomic mass is 10.1. The van der Waals surface area contributed by atoms with Crippen LogP contribution in [0.4, 0.5) is 13.2 Å². The van der Waals surface area contributed by atoms with E-state index in [1.807, 2.05) is 19.1 Å². The van der Waals surface area contributed by atoms with Crippen molar-refractivity contribution in [2.45, 2.75) is 13.1 Å². The van der Waals surface area contributed by atoms with Crippen LogP contribution >= 0.6 is 0 Å².